The van der Waals surface area contributed by atoms with Gasteiger partial charge in [-0.25, -0.2) is 0 Å². The van der Waals surface area contributed by atoms with Crippen LogP contribution in [0.5, 0.6) is 11.5 Å². The molecule has 1 aliphatic carbocycles. The molecular formula is C19H28N2O4. The van der Waals surface area contributed by atoms with Crippen LogP contribution in [0.3, 0.4) is 0 Å². The summed E-state index contributed by atoms with van der Waals surface area (Å²) in [6.07, 6.45) is 5.43. The van der Waals surface area contributed by atoms with E-state index in [9.17, 15) is 15.0 Å². The average Bonchev–Trinajstić information content (AvgIpc) is 3.12. The molecule has 3 rings (SSSR count). The molecule has 3 N–H and O–H groups in total. The number of benzene rings is 1. The molecule has 6 heteroatoms. The molecule has 0 radical (unpaired) electrons. The van der Waals surface area contributed by atoms with Gasteiger partial charge in [0.1, 0.15) is 6.04 Å². The van der Waals surface area contributed by atoms with Crippen molar-refractivity contribution in [2.45, 2.75) is 57.2 Å². The van der Waals surface area contributed by atoms with Crippen LogP contribution in [0.25, 0.3) is 0 Å². The molecule has 1 saturated carbocycles. The molecule has 1 aromatic carbocycles. The summed E-state index contributed by atoms with van der Waals surface area (Å²) < 4.78 is 5.56. The number of rotatable bonds is 5. The third-order valence-electron chi connectivity index (χ3n) is 5.24. The van der Waals surface area contributed by atoms with Gasteiger partial charge in [-0.15, -0.1) is 0 Å². The van der Waals surface area contributed by atoms with Crippen molar-refractivity contribution in [3.05, 3.63) is 23.8 Å². The summed E-state index contributed by atoms with van der Waals surface area (Å²) in [7, 11) is 0. The second-order valence-corrected chi connectivity index (χ2v) is 7.20. The van der Waals surface area contributed by atoms with Gasteiger partial charge in [0.05, 0.1) is 13.2 Å². The van der Waals surface area contributed by atoms with Gasteiger partial charge < -0.3 is 20.3 Å². The van der Waals surface area contributed by atoms with Crippen molar-refractivity contribution in [1.82, 2.24) is 10.2 Å². The fourth-order valence-corrected chi connectivity index (χ4v) is 3.96. The molecule has 0 bridgehead atoms. The Morgan fingerprint density at radius 2 is 2.08 bits per heavy atom. The highest BCUT2D eigenvalue weighted by molar-refractivity contribution is 5.82. The highest BCUT2D eigenvalue weighted by Crippen LogP contribution is 2.27. The van der Waals surface area contributed by atoms with Gasteiger partial charge in [-0.2, -0.15) is 0 Å². The lowest BCUT2D eigenvalue weighted by molar-refractivity contribution is -0.135. The quantitative estimate of drug-likeness (QED) is 0.707. The molecule has 6 nitrogen and oxygen atoms in total. The molecule has 2 atom stereocenters. The van der Waals surface area contributed by atoms with Crippen LogP contribution >= 0.6 is 0 Å². The van der Waals surface area contributed by atoms with Crippen molar-refractivity contribution in [3.8, 4) is 11.5 Å². The van der Waals surface area contributed by atoms with E-state index in [4.69, 9.17) is 4.74 Å². The first-order valence-electron chi connectivity index (χ1n) is 9.19. The number of phenolic OH excluding ortho intramolecular Hbond substituents is 2. The van der Waals surface area contributed by atoms with E-state index >= 15 is 0 Å². The maximum absolute atomic E-state index is 12.8. The summed E-state index contributed by atoms with van der Waals surface area (Å²) in [5, 5.41) is 22.1. The van der Waals surface area contributed by atoms with E-state index in [1.165, 1.54) is 37.8 Å². The van der Waals surface area contributed by atoms with Gasteiger partial charge in [0.25, 0.3) is 0 Å². The van der Waals surface area contributed by atoms with Crippen LogP contribution in [0.15, 0.2) is 18.2 Å². The Bertz CT molecular complexity index is 601. The minimum Gasteiger partial charge on any atom is -0.504 e. The Morgan fingerprint density at radius 3 is 2.80 bits per heavy atom. The van der Waals surface area contributed by atoms with Crippen LogP contribution in [-0.4, -0.2) is 58.9 Å². The van der Waals surface area contributed by atoms with Gasteiger partial charge >= 0.3 is 0 Å². The number of nitrogens with zero attached hydrogens (tertiary/aromatic N) is 1. The molecule has 1 amide bonds. The fraction of sp³-hybridized carbons (Fsp3) is 0.632. The molecule has 25 heavy (non-hydrogen) atoms. The summed E-state index contributed by atoms with van der Waals surface area (Å²) >= 11 is 0. The minimum atomic E-state index is -0.215. The van der Waals surface area contributed by atoms with E-state index in [1.54, 1.807) is 6.07 Å². The number of hydrogen-bond donors (Lipinski definition) is 3. The molecular weight excluding hydrogens is 320 g/mol. The number of ether oxygens (including phenoxy) is 1. The lowest BCUT2D eigenvalue weighted by Gasteiger charge is -2.39. The summed E-state index contributed by atoms with van der Waals surface area (Å²) in [5.74, 6) is -0.252. The number of phenols is 2. The van der Waals surface area contributed by atoms with Crippen LogP contribution in [0.4, 0.5) is 0 Å². The number of aromatic hydroxyl groups is 2. The standard InChI is InChI=1S/C19H28N2O4/c1-13(10-14-6-7-17(22)18(23)11-14)20-19(24)16-12-25-9-8-21(16)15-4-2-3-5-15/h6-7,11,13,15-16,22-23H,2-5,8-10,12H2,1H3,(H,20,24)/t13-,16+/m1/s1. The van der Waals surface area contributed by atoms with Crippen LogP contribution in [0, 0.1) is 0 Å². The lowest BCUT2D eigenvalue weighted by Crippen LogP contribution is -2.57. The summed E-state index contributed by atoms with van der Waals surface area (Å²) in [5.41, 5.74) is 0.871. The fourth-order valence-electron chi connectivity index (χ4n) is 3.96. The Morgan fingerprint density at radius 1 is 1.32 bits per heavy atom. The van der Waals surface area contributed by atoms with Gasteiger partial charge in [-0.1, -0.05) is 18.9 Å². The van der Waals surface area contributed by atoms with Gasteiger partial charge in [0, 0.05) is 18.6 Å². The van der Waals surface area contributed by atoms with Crippen LogP contribution in [0.2, 0.25) is 0 Å². The Labute approximate surface area is 148 Å². The van der Waals surface area contributed by atoms with Crippen molar-refractivity contribution in [2.75, 3.05) is 19.8 Å². The lowest BCUT2D eigenvalue weighted by atomic mass is 10.0. The smallest absolute Gasteiger partial charge is 0.239 e. The zero-order valence-corrected chi connectivity index (χ0v) is 14.8. The van der Waals surface area contributed by atoms with E-state index in [0.717, 1.165) is 12.1 Å². The van der Waals surface area contributed by atoms with Crippen molar-refractivity contribution >= 4 is 5.91 Å². The summed E-state index contributed by atoms with van der Waals surface area (Å²) in [6.45, 7) is 3.92. The topological polar surface area (TPSA) is 82.0 Å². The van der Waals surface area contributed by atoms with Crippen molar-refractivity contribution in [3.63, 3.8) is 0 Å². The van der Waals surface area contributed by atoms with Gasteiger partial charge in [0.15, 0.2) is 11.5 Å². The molecule has 0 spiro atoms. The summed E-state index contributed by atoms with van der Waals surface area (Å²) in [4.78, 5) is 15.1. The number of hydrogen-bond acceptors (Lipinski definition) is 5. The van der Waals surface area contributed by atoms with Crippen LogP contribution < -0.4 is 5.32 Å². The first-order valence-corrected chi connectivity index (χ1v) is 9.19. The number of carbonyl (C=O) groups excluding carboxylic acids is 1. The molecule has 0 aromatic heterocycles. The van der Waals surface area contributed by atoms with E-state index in [0.29, 0.717) is 25.7 Å². The molecule has 2 fully saturated rings. The second-order valence-electron chi connectivity index (χ2n) is 7.20. The normalized spacial score (nSPS) is 23.5. The Kier molecular flexibility index (Phi) is 5.81. The zero-order chi connectivity index (χ0) is 17.8. The largest absolute Gasteiger partial charge is 0.504 e. The first kappa shape index (κ1) is 18.0. The molecule has 1 aromatic rings. The third kappa shape index (κ3) is 4.44. The zero-order valence-electron chi connectivity index (χ0n) is 14.8. The van der Waals surface area contributed by atoms with Crippen LogP contribution in [0.1, 0.15) is 38.2 Å². The average molecular weight is 348 g/mol. The predicted molar refractivity (Wildman–Crippen MR) is 94.6 cm³/mol. The van der Waals surface area contributed by atoms with E-state index in [-0.39, 0.29) is 29.5 Å². The monoisotopic (exact) mass is 348 g/mol. The number of amides is 1. The Hall–Kier alpha value is -1.79. The highest BCUT2D eigenvalue weighted by Gasteiger charge is 2.35. The summed E-state index contributed by atoms with van der Waals surface area (Å²) in [6, 6.07) is 4.98. The second kappa shape index (κ2) is 8.06. The van der Waals surface area contributed by atoms with Gasteiger partial charge in [-0.3, -0.25) is 9.69 Å². The predicted octanol–water partition coefficient (Wildman–Crippen LogP) is 1.79. The number of carbonyl (C=O) groups is 1. The molecule has 1 aliphatic heterocycles. The number of morpholine rings is 1. The third-order valence-corrected chi connectivity index (χ3v) is 5.24. The maximum Gasteiger partial charge on any atom is 0.239 e. The molecule has 138 valence electrons. The number of nitrogens with one attached hydrogen (secondary N) is 1. The molecule has 0 unspecified atom stereocenters. The van der Waals surface area contributed by atoms with Gasteiger partial charge in [0.2, 0.25) is 5.91 Å². The van der Waals surface area contributed by atoms with Crippen molar-refractivity contribution < 1.29 is 19.7 Å². The SMILES string of the molecule is C[C@H](Cc1ccc(O)c(O)c1)NC(=O)[C@@H]1COCCN1C1CCCC1. The Balaban J connectivity index is 1.58. The van der Waals surface area contributed by atoms with Gasteiger partial charge in [-0.05, 0) is 43.9 Å². The van der Waals surface area contributed by atoms with E-state index in [2.05, 4.69) is 10.2 Å². The molecule has 1 heterocycles. The van der Waals surface area contributed by atoms with E-state index in [1.807, 2.05) is 6.92 Å². The molecule has 2 aliphatic rings. The highest BCUT2D eigenvalue weighted by atomic mass is 16.5. The maximum atomic E-state index is 12.8. The first-order chi connectivity index (χ1) is 12.0. The minimum absolute atomic E-state index is 0.0158. The van der Waals surface area contributed by atoms with Crippen molar-refractivity contribution in [1.29, 1.82) is 0 Å². The van der Waals surface area contributed by atoms with E-state index < -0.39 is 0 Å². The molecule has 1 saturated heterocycles. The van der Waals surface area contributed by atoms with Crippen LogP contribution in [-0.2, 0) is 16.0 Å². The van der Waals surface area contributed by atoms with Crippen molar-refractivity contribution in [2.24, 2.45) is 0 Å².